The zero-order valence-corrected chi connectivity index (χ0v) is 15.6. The Hall–Kier alpha value is -2.56. The summed E-state index contributed by atoms with van der Waals surface area (Å²) in [4.78, 5) is 25.2. The van der Waals surface area contributed by atoms with E-state index in [4.69, 9.17) is 4.42 Å². The Morgan fingerprint density at radius 2 is 2.04 bits per heavy atom. The first kappa shape index (κ1) is 18.2. The molecule has 3 rings (SSSR count). The van der Waals surface area contributed by atoms with Crippen LogP contribution in [0.1, 0.15) is 49.7 Å². The molecule has 0 bridgehead atoms. The van der Waals surface area contributed by atoms with E-state index < -0.39 is 0 Å². The molecule has 0 spiro atoms. The summed E-state index contributed by atoms with van der Waals surface area (Å²) in [5, 5.41) is 2.92. The maximum Gasteiger partial charge on any atom is 0.224 e. The molecule has 1 aromatic heterocycles. The predicted octanol–water partition coefficient (Wildman–Crippen LogP) is 3.95. The van der Waals surface area contributed by atoms with Crippen molar-refractivity contribution in [3.8, 4) is 0 Å². The summed E-state index contributed by atoms with van der Waals surface area (Å²) < 4.78 is 5.85. The largest absolute Gasteiger partial charge is 0.466 e. The summed E-state index contributed by atoms with van der Waals surface area (Å²) in [5.74, 6) is 3.17. The third-order valence-electron chi connectivity index (χ3n) is 4.92. The maximum atomic E-state index is 12.2. The molecule has 2 unspecified atom stereocenters. The second-order valence-corrected chi connectivity index (χ2v) is 7.25. The van der Waals surface area contributed by atoms with Crippen molar-refractivity contribution in [3.05, 3.63) is 53.5 Å². The van der Waals surface area contributed by atoms with E-state index in [-0.39, 0.29) is 11.8 Å². The number of aryl methyl sites for hydroxylation is 1. The number of carbonyl (C=O) groups excluding carboxylic acids is 2. The van der Waals surface area contributed by atoms with Crippen LogP contribution in [0.3, 0.4) is 0 Å². The van der Waals surface area contributed by atoms with Crippen molar-refractivity contribution in [3.63, 3.8) is 0 Å². The van der Waals surface area contributed by atoms with E-state index in [1.807, 2.05) is 36.4 Å². The van der Waals surface area contributed by atoms with Crippen LogP contribution in [0.5, 0.6) is 0 Å². The van der Waals surface area contributed by atoms with Gasteiger partial charge < -0.3 is 14.6 Å². The molecule has 138 valence electrons. The summed E-state index contributed by atoms with van der Waals surface area (Å²) in [6.07, 6.45) is 2.17. The minimum Gasteiger partial charge on any atom is -0.466 e. The van der Waals surface area contributed by atoms with Gasteiger partial charge in [-0.1, -0.05) is 19.1 Å². The van der Waals surface area contributed by atoms with E-state index in [2.05, 4.69) is 12.2 Å². The molecular formula is C21H26N2O3. The second-order valence-electron chi connectivity index (χ2n) is 7.25. The van der Waals surface area contributed by atoms with E-state index in [0.29, 0.717) is 31.2 Å². The number of rotatable bonds is 7. The zero-order valence-electron chi connectivity index (χ0n) is 15.6. The second kappa shape index (κ2) is 7.77. The van der Waals surface area contributed by atoms with Crippen molar-refractivity contribution >= 4 is 17.5 Å². The van der Waals surface area contributed by atoms with Crippen molar-refractivity contribution in [2.75, 3.05) is 12.4 Å². The molecule has 0 radical (unpaired) electrons. The van der Waals surface area contributed by atoms with Gasteiger partial charge in [-0.3, -0.25) is 9.59 Å². The molecule has 1 saturated carbocycles. The average molecular weight is 354 g/mol. The molecule has 1 aromatic carbocycles. The van der Waals surface area contributed by atoms with Gasteiger partial charge in [0.2, 0.25) is 11.8 Å². The number of hydrogen-bond donors (Lipinski definition) is 1. The molecule has 2 aromatic rings. The summed E-state index contributed by atoms with van der Waals surface area (Å²) in [6.45, 7) is 4.28. The van der Waals surface area contributed by atoms with E-state index >= 15 is 0 Å². The van der Waals surface area contributed by atoms with Crippen LogP contribution in [0.25, 0.3) is 0 Å². The Morgan fingerprint density at radius 3 is 2.73 bits per heavy atom. The molecular weight excluding hydrogens is 328 g/mol. The molecule has 1 heterocycles. The Bertz CT molecular complexity index is 796. The molecule has 1 fully saturated rings. The SMILES string of the molecule is CC(=O)N(C)Cc1cccc(NC(=O)CCc2ccc(C3CC3C)o2)c1. The van der Waals surface area contributed by atoms with Gasteiger partial charge in [0.25, 0.3) is 0 Å². The lowest BCUT2D eigenvalue weighted by molar-refractivity contribution is -0.128. The van der Waals surface area contributed by atoms with Crippen molar-refractivity contribution in [2.24, 2.45) is 5.92 Å². The lowest BCUT2D eigenvalue weighted by Crippen LogP contribution is -2.23. The van der Waals surface area contributed by atoms with Crippen LogP contribution >= 0.6 is 0 Å². The number of amides is 2. The van der Waals surface area contributed by atoms with Crippen LogP contribution in [0.15, 0.2) is 40.8 Å². The average Bonchev–Trinajstić information content (AvgIpc) is 3.14. The standard InChI is InChI=1S/C21H26N2O3/c1-14-11-19(14)20-9-7-18(26-20)8-10-21(25)22-17-6-4-5-16(12-17)13-23(3)15(2)24/h4-7,9,12,14,19H,8,10-11,13H2,1-3H3,(H,22,25). The first-order valence-electron chi connectivity index (χ1n) is 9.11. The summed E-state index contributed by atoms with van der Waals surface area (Å²) >= 11 is 0. The van der Waals surface area contributed by atoms with Gasteiger partial charge in [-0.05, 0) is 42.2 Å². The van der Waals surface area contributed by atoms with E-state index in [1.165, 1.54) is 13.3 Å². The smallest absolute Gasteiger partial charge is 0.224 e. The third-order valence-corrected chi connectivity index (χ3v) is 4.92. The van der Waals surface area contributed by atoms with Gasteiger partial charge in [-0.25, -0.2) is 0 Å². The number of nitrogens with one attached hydrogen (secondary N) is 1. The van der Waals surface area contributed by atoms with Crippen molar-refractivity contribution in [1.29, 1.82) is 0 Å². The van der Waals surface area contributed by atoms with Crippen LogP contribution in [-0.4, -0.2) is 23.8 Å². The van der Waals surface area contributed by atoms with E-state index in [1.54, 1.807) is 11.9 Å². The van der Waals surface area contributed by atoms with E-state index in [0.717, 1.165) is 22.8 Å². The molecule has 0 saturated heterocycles. The fourth-order valence-electron chi connectivity index (χ4n) is 3.04. The van der Waals surface area contributed by atoms with Crippen LogP contribution < -0.4 is 5.32 Å². The lowest BCUT2D eigenvalue weighted by atomic mass is 10.1. The molecule has 1 aliphatic carbocycles. The molecule has 1 N–H and O–H groups in total. The van der Waals surface area contributed by atoms with Crippen LogP contribution in [0, 0.1) is 5.92 Å². The molecule has 2 amide bonds. The number of benzene rings is 1. The topological polar surface area (TPSA) is 62.6 Å². The lowest BCUT2D eigenvalue weighted by Gasteiger charge is -2.15. The Balaban J connectivity index is 1.50. The predicted molar refractivity (Wildman–Crippen MR) is 101 cm³/mol. The van der Waals surface area contributed by atoms with Gasteiger partial charge in [0.05, 0.1) is 0 Å². The quantitative estimate of drug-likeness (QED) is 0.819. The highest BCUT2D eigenvalue weighted by atomic mass is 16.3. The first-order chi connectivity index (χ1) is 12.4. The number of carbonyl (C=O) groups is 2. The maximum absolute atomic E-state index is 12.2. The fraction of sp³-hybridized carbons (Fsp3) is 0.429. The van der Waals surface area contributed by atoms with Crippen LogP contribution in [0.2, 0.25) is 0 Å². The highest BCUT2D eigenvalue weighted by molar-refractivity contribution is 5.90. The highest BCUT2D eigenvalue weighted by Gasteiger charge is 2.36. The number of anilines is 1. The Labute approximate surface area is 154 Å². The van der Waals surface area contributed by atoms with Crippen molar-refractivity contribution < 1.29 is 14.0 Å². The minimum absolute atomic E-state index is 0.0119. The van der Waals surface area contributed by atoms with Gasteiger partial charge in [0, 0.05) is 45.0 Å². The van der Waals surface area contributed by atoms with E-state index in [9.17, 15) is 9.59 Å². The third kappa shape index (κ3) is 4.75. The number of hydrogen-bond acceptors (Lipinski definition) is 3. The summed E-state index contributed by atoms with van der Waals surface area (Å²) in [5.41, 5.74) is 1.73. The monoisotopic (exact) mass is 354 g/mol. The van der Waals surface area contributed by atoms with Gasteiger partial charge >= 0.3 is 0 Å². The Morgan fingerprint density at radius 1 is 1.27 bits per heavy atom. The van der Waals surface area contributed by atoms with Gasteiger partial charge in [-0.15, -0.1) is 0 Å². The number of furan rings is 1. The highest BCUT2D eigenvalue weighted by Crippen LogP contribution is 2.47. The van der Waals surface area contributed by atoms with Crippen LogP contribution in [-0.2, 0) is 22.6 Å². The molecule has 5 heteroatoms. The molecule has 26 heavy (non-hydrogen) atoms. The van der Waals surface area contributed by atoms with Gasteiger partial charge in [0.1, 0.15) is 11.5 Å². The zero-order chi connectivity index (χ0) is 18.7. The number of nitrogens with zero attached hydrogens (tertiary/aromatic N) is 1. The molecule has 1 aliphatic rings. The minimum atomic E-state index is -0.0418. The summed E-state index contributed by atoms with van der Waals surface area (Å²) in [6, 6.07) is 11.6. The molecule has 2 atom stereocenters. The van der Waals surface area contributed by atoms with Crippen molar-refractivity contribution in [2.45, 2.75) is 45.6 Å². The van der Waals surface area contributed by atoms with Crippen molar-refractivity contribution in [1.82, 2.24) is 4.90 Å². The Kier molecular flexibility index (Phi) is 5.45. The fourth-order valence-corrected chi connectivity index (χ4v) is 3.04. The normalized spacial score (nSPS) is 18.4. The summed E-state index contributed by atoms with van der Waals surface area (Å²) in [7, 11) is 1.76. The molecule has 0 aliphatic heterocycles. The first-order valence-corrected chi connectivity index (χ1v) is 9.11. The van der Waals surface area contributed by atoms with Crippen LogP contribution in [0.4, 0.5) is 5.69 Å². The van der Waals surface area contributed by atoms with Gasteiger partial charge in [0.15, 0.2) is 0 Å². The van der Waals surface area contributed by atoms with Gasteiger partial charge in [-0.2, -0.15) is 0 Å². The molecule has 5 nitrogen and oxygen atoms in total.